The molecule has 2 aromatic rings. The minimum absolute atomic E-state index is 0.167. The molecule has 6 nitrogen and oxygen atoms in total. The molecule has 27 heavy (non-hydrogen) atoms. The fourth-order valence-electron chi connectivity index (χ4n) is 2.22. The maximum absolute atomic E-state index is 12.5. The average molecular weight is 424 g/mol. The third-order valence-corrected chi connectivity index (χ3v) is 5.16. The van der Waals surface area contributed by atoms with Gasteiger partial charge < -0.3 is 9.84 Å². The predicted molar refractivity (Wildman–Crippen MR) is 89.9 cm³/mol. The summed E-state index contributed by atoms with van der Waals surface area (Å²) < 4.78 is 67.4. The molecule has 1 atom stereocenters. The van der Waals surface area contributed by atoms with Gasteiger partial charge in [0.25, 0.3) is 0 Å². The van der Waals surface area contributed by atoms with Gasteiger partial charge in [0, 0.05) is 5.02 Å². The van der Waals surface area contributed by atoms with E-state index in [9.17, 15) is 26.4 Å². The summed E-state index contributed by atoms with van der Waals surface area (Å²) >= 11 is 6.01. The highest BCUT2D eigenvalue weighted by Gasteiger charge is 2.31. The smallest absolute Gasteiger partial charge is 0.481 e. The van der Waals surface area contributed by atoms with Crippen LogP contribution in [0.3, 0.4) is 0 Å². The van der Waals surface area contributed by atoms with E-state index in [-0.39, 0.29) is 15.5 Å². The standard InChI is InChI=1S/C16H13ClF3NO5S/c17-13-4-2-1-3-12(13)14(9-15(22)23)21-27(24,25)11-7-5-10(6-8-11)26-16(18,19)20/h1-8,14,21H,9H2,(H,22,23)/t14-/m1/s1. The highest BCUT2D eigenvalue weighted by Crippen LogP contribution is 2.28. The molecule has 0 spiro atoms. The van der Waals surface area contributed by atoms with E-state index in [2.05, 4.69) is 9.46 Å². The molecule has 0 radical (unpaired) electrons. The van der Waals surface area contributed by atoms with Crippen molar-refractivity contribution in [2.24, 2.45) is 0 Å². The van der Waals surface area contributed by atoms with Crippen LogP contribution in [0.15, 0.2) is 53.4 Å². The molecule has 0 heterocycles. The van der Waals surface area contributed by atoms with Crippen molar-refractivity contribution in [2.45, 2.75) is 23.7 Å². The van der Waals surface area contributed by atoms with Crippen LogP contribution >= 0.6 is 11.6 Å². The maximum atomic E-state index is 12.5. The lowest BCUT2D eigenvalue weighted by Crippen LogP contribution is -2.30. The molecule has 2 N–H and O–H groups in total. The number of sulfonamides is 1. The SMILES string of the molecule is O=C(O)C[C@@H](NS(=O)(=O)c1ccc(OC(F)(F)F)cc1)c1ccccc1Cl. The summed E-state index contributed by atoms with van der Waals surface area (Å²) in [6.07, 6.45) is -5.49. The summed E-state index contributed by atoms with van der Waals surface area (Å²) in [5.74, 6) is -1.86. The van der Waals surface area contributed by atoms with Gasteiger partial charge in [0.1, 0.15) is 5.75 Å². The average Bonchev–Trinajstić information content (AvgIpc) is 2.53. The molecule has 0 bridgehead atoms. The van der Waals surface area contributed by atoms with Gasteiger partial charge in [0.05, 0.1) is 17.4 Å². The van der Waals surface area contributed by atoms with E-state index in [4.69, 9.17) is 16.7 Å². The monoisotopic (exact) mass is 423 g/mol. The molecule has 11 heteroatoms. The third-order valence-electron chi connectivity index (χ3n) is 3.32. The quantitative estimate of drug-likeness (QED) is 0.707. The number of benzene rings is 2. The second-order valence-corrected chi connectivity index (χ2v) is 7.43. The van der Waals surface area contributed by atoms with Crippen molar-refractivity contribution in [3.05, 3.63) is 59.1 Å². The summed E-state index contributed by atoms with van der Waals surface area (Å²) in [7, 11) is -4.24. The number of carbonyl (C=O) groups is 1. The molecule has 0 unspecified atom stereocenters. The number of hydrogen-bond donors (Lipinski definition) is 2. The second-order valence-electron chi connectivity index (χ2n) is 5.31. The number of halogens is 4. The Morgan fingerprint density at radius 2 is 1.74 bits per heavy atom. The zero-order valence-corrected chi connectivity index (χ0v) is 15.0. The first-order chi connectivity index (χ1) is 12.5. The summed E-state index contributed by atoms with van der Waals surface area (Å²) in [6, 6.07) is 8.43. The third kappa shape index (κ3) is 6.12. The van der Waals surface area contributed by atoms with E-state index in [1.165, 1.54) is 12.1 Å². The van der Waals surface area contributed by atoms with E-state index in [0.29, 0.717) is 0 Å². The van der Waals surface area contributed by atoms with E-state index in [1.54, 1.807) is 12.1 Å². The zero-order valence-electron chi connectivity index (χ0n) is 13.4. The number of ether oxygens (including phenoxy) is 1. The molecular weight excluding hydrogens is 411 g/mol. The Hall–Kier alpha value is -2.30. The molecule has 0 fully saturated rings. The molecule has 0 amide bonds. The molecule has 146 valence electrons. The molecule has 0 saturated heterocycles. The number of nitrogens with one attached hydrogen (secondary N) is 1. The van der Waals surface area contributed by atoms with Gasteiger partial charge in [-0.25, -0.2) is 13.1 Å². The molecule has 2 rings (SSSR count). The largest absolute Gasteiger partial charge is 0.573 e. The zero-order chi connectivity index (χ0) is 20.2. The van der Waals surface area contributed by atoms with E-state index in [1.807, 2.05) is 0 Å². The van der Waals surface area contributed by atoms with E-state index >= 15 is 0 Å². The van der Waals surface area contributed by atoms with Crippen LogP contribution in [0.1, 0.15) is 18.0 Å². The summed E-state index contributed by atoms with van der Waals surface area (Å²) in [4.78, 5) is 10.7. The van der Waals surface area contributed by atoms with Crippen molar-refractivity contribution >= 4 is 27.6 Å². The van der Waals surface area contributed by atoms with Gasteiger partial charge in [-0.3, -0.25) is 4.79 Å². The molecule has 0 aliphatic heterocycles. The summed E-state index contributed by atoms with van der Waals surface area (Å²) in [5, 5.41) is 9.21. The Morgan fingerprint density at radius 1 is 1.15 bits per heavy atom. The van der Waals surface area contributed by atoms with Crippen LogP contribution in [-0.2, 0) is 14.8 Å². The number of hydrogen-bond acceptors (Lipinski definition) is 4. The molecule has 0 aromatic heterocycles. The van der Waals surface area contributed by atoms with Crippen molar-refractivity contribution < 1.29 is 36.2 Å². The van der Waals surface area contributed by atoms with Crippen molar-refractivity contribution in [2.75, 3.05) is 0 Å². The van der Waals surface area contributed by atoms with Crippen LogP contribution in [0.2, 0.25) is 5.02 Å². The minimum atomic E-state index is -4.91. The van der Waals surface area contributed by atoms with Crippen molar-refractivity contribution in [1.29, 1.82) is 0 Å². The summed E-state index contributed by atoms with van der Waals surface area (Å²) in [6.45, 7) is 0. The number of rotatable bonds is 7. The lowest BCUT2D eigenvalue weighted by Gasteiger charge is -2.19. The van der Waals surface area contributed by atoms with Crippen LogP contribution in [0.25, 0.3) is 0 Å². The molecule has 0 aliphatic carbocycles. The van der Waals surface area contributed by atoms with Gasteiger partial charge >= 0.3 is 12.3 Å². The van der Waals surface area contributed by atoms with Crippen molar-refractivity contribution in [3.63, 3.8) is 0 Å². The normalized spacial score (nSPS) is 13.2. The minimum Gasteiger partial charge on any atom is -0.481 e. The van der Waals surface area contributed by atoms with Crippen LogP contribution in [0.5, 0.6) is 5.75 Å². The fraction of sp³-hybridized carbons (Fsp3) is 0.188. The number of carboxylic acids is 1. The lowest BCUT2D eigenvalue weighted by molar-refractivity contribution is -0.274. The topological polar surface area (TPSA) is 92.7 Å². The molecular formula is C16H13ClF3NO5S. The predicted octanol–water partition coefficient (Wildman–Crippen LogP) is 3.73. The van der Waals surface area contributed by atoms with Gasteiger partial charge in [-0.2, -0.15) is 0 Å². The number of carboxylic acid groups (broad SMARTS) is 1. The Balaban J connectivity index is 2.28. The van der Waals surface area contributed by atoms with Gasteiger partial charge in [-0.1, -0.05) is 29.8 Å². The van der Waals surface area contributed by atoms with Crippen LogP contribution < -0.4 is 9.46 Å². The first kappa shape index (κ1) is 21.0. The first-order valence-electron chi connectivity index (χ1n) is 7.32. The van der Waals surface area contributed by atoms with Crippen molar-refractivity contribution in [1.82, 2.24) is 4.72 Å². The molecule has 0 aliphatic rings. The van der Waals surface area contributed by atoms with E-state index < -0.39 is 40.6 Å². The fourth-order valence-corrected chi connectivity index (χ4v) is 3.71. The second kappa shape index (κ2) is 8.15. The van der Waals surface area contributed by atoms with Gasteiger partial charge in [-0.05, 0) is 35.9 Å². The lowest BCUT2D eigenvalue weighted by atomic mass is 10.1. The van der Waals surface area contributed by atoms with Crippen molar-refractivity contribution in [3.8, 4) is 5.75 Å². The first-order valence-corrected chi connectivity index (χ1v) is 9.18. The van der Waals surface area contributed by atoms with Gasteiger partial charge in [0.15, 0.2) is 0 Å². The highest BCUT2D eigenvalue weighted by atomic mass is 35.5. The molecule has 2 aromatic carbocycles. The number of aliphatic carboxylic acids is 1. The summed E-state index contributed by atoms with van der Waals surface area (Å²) in [5.41, 5.74) is 0.252. The van der Waals surface area contributed by atoms with Crippen LogP contribution in [0, 0.1) is 0 Å². The Morgan fingerprint density at radius 3 is 2.26 bits per heavy atom. The highest BCUT2D eigenvalue weighted by molar-refractivity contribution is 7.89. The Kier molecular flexibility index (Phi) is 6.34. The number of alkyl halides is 3. The van der Waals surface area contributed by atoms with E-state index in [0.717, 1.165) is 24.3 Å². The van der Waals surface area contributed by atoms with Crippen LogP contribution in [0.4, 0.5) is 13.2 Å². The molecule has 0 saturated carbocycles. The maximum Gasteiger partial charge on any atom is 0.573 e. The Bertz CT molecular complexity index is 916. The Labute approximate surface area is 157 Å². The van der Waals surface area contributed by atoms with Gasteiger partial charge in [0.2, 0.25) is 10.0 Å². The van der Waals surface area contributed by atoms with Gasteiger partial charge in [-0.15, -0.1) is 13.2 Å². The van der Waals surface area contributed by atoms with Crippen LogP contribution in [-0.4, -0.2) is 25.9 Å².